The lowest BCUT2D eigenvalue weighted by molar-refractivity contribution is 0.313. The number of nitrogens with zero attached hydrogens (tertiary/aromatic N) is 5. The lowest BCUT2D eigenvalue weighted by Gasteiger charge is -2.34. The molecule has 0 bridgehead atoms. The van der Waals surface area contributed by atoms with Crippen molar-refractivity contribution in [2.24, 2.45) is 0 Å². The molecule has 0 radical (unpaired) electrons. The van der Waals surface area contributed by atoms with E-state index in [0.29, 0.717) is 11.1 Å². The highest BCUT2D eigenvalue weighted by Gasteiger charge is 2.14. The molecule has 4 aromatic rings. The van der Waals surface area contributed by atoms with Crippen LogP contribution in [-0.4, -0.2) is 47.5 Å². The van der Waals surface area contributed by atoms with Crippen molar-refractivity contribution >= 4 is 11.3 Å². The molecule has 5 nitrogen and oxygen atoms in total. The number of rotatable bonds is 3. The third kappa shape index (κ3) is 3.76. The van der Waals surface area contributed by atoms with Gasteiger partial charge in [-0.05, 0) is 60.6 Å². The summed E-state index contributed by atoms with van der Waals surface area (Å²) in [6.45, 7) is 4.27. The first-order valence-electron chi connectivity index (χ1n) is 10.3. The molecule has 1 saturated heterocycles. The number of benzene rings is 2. The largest absolute Gasteiger partial charge is 0.369 e. The van der Waals surface area contributed by atoms with Crippen LogP contribution in [0.3, 0.4) is 0 Å². The van der Waals surface area contributed by atoms with Gasteiger partial charge >= 0.3 is 0 Å². The monoisotopic (exact) mass is 411 g/mol. The molecule has 0 unspecified atom stereocenters. The second-order valence-electron chi connectivity index (χ2n) is 7.96. The van der Waals surface area contributed by atoms with E-state index >= 15 is 0 Å². The van der Waals surface area contributed by atoms with Gasteiger partial charge in [-0.15, -0.1) is 0 Å². The van der Waals surface area contributed by atoms with Gasteiger partial charge in [0.05, 0.1) is 23.5 Å². The number of imidazole rings is 1. The Morgan fingerprint density at radius 1 is 0.903 bits per heavy atom. The number of likely N-dealkylation sites (N-methyl/N-ethyl adjacent to an activating group) is 1. The maximum atomic E-state index is 13.9. The second kappa shape index (κ2) is 7.86. The second-order valence-corrected chi connectivity index (χ2v) is 7.96. The number of nitriles is 1. The summed E-state index contributed by atoms with van der Waals surface area (Å²) in [5.41, 5.74) is 5.91. The fourth-order valence-electron chi connectivity index (χ4n) is 4.11. The summed E-state index contributed by atoms with van der Waals surface area (Å²) in [6, 6.07) is 19.1. The minimum absolute atomic E-state index is 0.294. The molecule has 1 fully saturated rings. The SMILES string of the molecule is CN1CCN(c2ccc(-c3ccn4c(-c5cc(F)cc(C#N)c5)cnc4c3)cc2)CC1. The molecule has 0 spiro atoms. The van der Waals surface area contributed by atoms with Crippen LogP contribution < -0.4 is 4.90 Å². The molecule has 0 atom stereocenters. The molecular weight excluding hydrogens is 389 g/mol. The Labute approximate surface area is 180 Å². The Hall–Kier alpha value is -3.69. The zero-order valence-corrected chi connectivity index (χ0v) is 17.3. The van der Waals surface area contributed by atoms with E-state index in [-0.39, 0.29) is 0 Å². The molecule has 154 valence electrons. The maximum Gasteiger partial charge on any atom is 0.137 e. The van der Waals surface area contributed by atoms with Crippen molar-refractivity contribution in [3.05, 3.63) is 78.4 Å². The quantitative estimate of drug-likeness (QED) is 0.500. The van der Waals surface area contributed by atoms with E-state index in [4.69, 9.17) is 5.26 Å². The van der Waals surface area contributed by atoms with E-state index in [1.165, 1.54) is 17.8 Å². The van der Waals surface area contributed by atoms with Crippen LogP contribution in [0.5, 0.6) is 0 Å². The minimum atomic E-state index is -0.430. The highest BCUT2D eigenvalue weighted by atomic mass is 19.1. The van der Waals surface area contributed by atoms with E-state index in [0.717, 1.165) is 48.6 Å². The molecule has 1 aliphatic rings. The Kier molecular flexibility index (Phi) is 4.89. The molecule has 5 rings (SSSR count). The fraction of sp³-hybridized carbons (Fsp3) is 0.200. The Morgan fingerprint density at radius 2 is 1.68 bits per heavy atom. The molecule has 0 aliphatic carbocycles. The summed E-state index contributed by atoms with van der Waals surface area (Å²) in [6.07, 6.45) is 3.66. The van der Waals surface area contributed by atoms with E-state index < -0.39 is 5.82 Å². The number of aromatic nitrogens is 2. The van der Waals surface area contributed by atoms with Gasteiger partial charge in [0, 0.05) is 43.6 Å². The van der Waals surface area contributed by atoms with Crippen molar-refractivity contribution in [1.82, 2.24) is 14.3 Å². The Bertz CT molecular complexity index is 1280. The predicted octanol–water partition coefficient (Wildman–Crippen LogP) is 4.43. The molecule has 2 aromatic heterocycles. The van der Waals surface area contributed by atoms with Gasteiger partial charge in [-0.3, -0.25) is 4.40 Å². The highest BCUT2D eigenvalue weighted by molar-refractivity contribution is 5.72. The van der Waals surface area contributed by atoms with Gasteiger partial charge in [0.25, 0.3) is 0 Å². The predicted molar refractivity (Wildman–Crippen MR) is 120 cm³/mol. The molecule has 0 amide bonds. The average molecular weight is 411 g/mol. The van der Waals surface area contributed by atoms with E-state index in [9.17, 15) is 4.39 Å². The molecule has 31 heavy (non-hydrogen) atoms. The van der Waals surface area contributed by atoms with Crippen LogP contribution in [-0.2, 0) is 0 Å². The van der Waals surface area contributed by atoms with Crippen LogP contribution in [0, 0.1) is 17.1 Å². The Balaban J connectivity index is 1.44. The number of fused-ring (bicyclic) bond motifs is 1. The van der Waals surface area contributed by atoms with Crippen LogP contribution in [0.25, 0.3) is 28.0 Å². The third-order valence-corrected chi connectivity index (χ3v) is 5.90. The zero-order chi connectivity index (χ0) is 21.4. The van der Waals surface area contributed by atoms with Gasteiger partial charge in [0.1, 0.15) is 11.5 Å². The van der Waals surface area contributed by atoms with Crippen molar-refractivity contribution in [2.45, 2.75) is 0 Å². The van der Waals surface area contributed by atoms with Gasteiger partial charge in [-0.25, -0.2) is 9.37 Å². The first-order chi connectivity index (χ1) is 15.1. The average Bonchev–Trinajstić information content (AvgIpc) is 3.22. The first kappa shape index (κ1) is 19.3. The number of piperazine rings is 1. The van der Waals surface area contributed by atoms with Gasteiger partial charge in [0.15, 0.2) is 0 Å². The van der Waals surface area contributed by atoms with Gasteiger partial charge in [0.2, 0.25) is 0 Å². The van der Waals surface area contributed by atoms with Crippen LogP contribution in [0.2, 0.25) is 0 Å². The molecule has 1 aliphatic heterocycles. The number of hydrogen-bond donors (Lipinski definition) is 0. The van der Waals surface area contributed by atoms with Crippen LogP contribution in [0.4, 0.5) is 10.1 Å². The lowest BCUT2D eigenvalue weighted by Crippen LogP contribution is -2.44. The first-order valence-corrected chi connectivity index (χ1v) is 10.3. The summed E-state index contributed by atoms with van der Waals surface area (Å²) in [5.74, 6) is -0.430. The fourth-order valence-corrected chi connectivity index (χ4v) is 4.11. The molecule has 0 saturated carbocycles. The summed E-state index contributed by atoms with van der Waals surface area (Å²) >= 11 is 0. The van der Waals surface area contributed by atoms with Gasteiger partial charge in [-0.1, -0.05) is 12.1 Å². The van der Waals surface area contributed by atoms with Crippen molar-refractivity contribution < 1.29 is 4.39 Å². The summed E-state index contributed by atoms with van der Waals surface area (Å²) in [5, 5.41) is 9.13. The number of halogens is 1. The maximum absolute atomic E-state index is 13.9. The van der Waals surface area contributed by atoms with Crippen molar-refractivity contribution in [2.75, 3.05) is 38.1 Å². The smallest absolute Gasteiger partial charge is 0.137 e. The minimum Gasteiger partial charge on any atom is -0.369 e. The van der Waals surface area contributed by atoms with Gasteiger partial charge < -0.3 is 9.80 Å². The lowest BCUT2D eigenvalue weighted by atomic mass is 10.1. The Morgan fingerprint density at radius 3 is 2.42 bits per heavy atom. The van der Waals surface area contributed by atoms with Crippen molar-refractivity contribution in [3.8, 4) is 28.5 Å². The summed E-state index contributed by atoms with van der Waals surface area (Å²) < 4.78 is 15.8. The van der Waals surface area contributed by atoms with Crippen molar-refractivity contribution in [1.29, 1.82) is 5.26 Å². The molecular formula is C25H22FN5. The summed E-state index contributed by atoms with van der Waals surface area (Å²) in [7, 11) is 2.16. The molecule has 6 heteroatoms. The van der Waals surface area contributed by atoms with Gasteiger partial charge in [-0.2, -0.15) is 5.26 Å². The number of pyridine rings is 1. The van der Waals surface area contributed by atoms with Crippen LogP contribution in [0.15, 0.2) is 67.0 Å². The van der Waals surface area contributed by atoms with Crippen LogP contribution in [0.1, 0.15) is 5.56 Å². The molecule has 2 aromatic carbocycles. The standard InChI is InChI=1S/C25H22FN5/c1-29-8-10-30(11-9-29)23-4-2-19(3-5-23)20-6-7-31-24(17-28-25(31)15-20)21-12-18(16-27)13-22(26)14-21/h2-7,12-15,17H,8-11H2,1H3. The van der Waals surface area contributed by atoms with Crippen molar-refractivity contribution in [3.63, 3.8) is 0 Å². The highest BCUT2D eigenvalue weighted by Crippen LogP contribution is 2.28. The zero-order valence-electron chi connectivity index (χ0n) is 17.3. The third-order valence-electron chi connectivity index (χ3n) is 5.90. The van der Waals surface area contributed by atoms with E-state index in [1.807, 2.05) is 28.8 Å². The topological polar surface area (TPSA) is 47.6 Å². The molecule has 3 heterocycles. The number of hydrogen-bond acceptors (Lipinski definition) is 4. The van der Waals surface area contributed by atoms with E-state index in [1.54, 1.807) is 12.3 Å². The van der Waals surface area contributed by atoms with Crippen LogP contribution >= 0.6 is 0 Å². The van der Waals surface area contributed by atoms with E-state index in [2.05, 4.69) is 46.1 Å². The normalized spacial score (nSPS) is 14.7. The molecule has 0 N–H and O–H groups in total. The number of anilines is 1. The summed E-state index contributed by atoms with van der Waals surface area (Å²) in [4.78, 5) is 9.28.